The van der Waals surface area contributed by atoms with Crippen LogP contribution in [0.15, 0.2) is 29.2 Å². The van der Waals surface area contributed by atoms with Gasteiger partial charge in [-0.1, -0.05) is 24.6 Å². The lowest BCUT2D eigenvalue weighted by atomic mass is 10.3. The molecule has 0 heterocycles. The molecule has 2 N–H and O–H groups in total. The molecule has 1 aromatic carbocycles. The summed E-state index contributed by atoms with van der Waals surface area (Å²) >= 11 is 7.58. The maximum absolute atomic E-state index is 9.09. The fourth-order valence-electron chi connectivity index (χ4n) is 1.22. The highest BCUT2D eigenvalue weighted by Gasteiger charge is 2.05. The third kappa shape index (κ3) is 4.89. The number of halogens is 1. The summed E-state index contributed by atoms with van der Waals surface area (Å²) in [6.07, 6.45) is 0. The Bertz CT molecular complexity index is 296. The van der Waals surface area contributed by atoms with Crippen LogP contribution in [0.25, 0.3) is 0 Å². The average molecular weight is 246 g/mol. The predicted octanol–water partition coefficient (Wildman–Crippen LogP) is 2.40. The first-order chi connectivity index (χ1) is 7.26. The molecule has 0 bridgehead atoms. The predicted molar refractivity (Wildman–Crippen MR) is 66.7 cm³/mol. The number of nitrogens with one attached hydrogen (secondary N) is 1. The van der Waals surface area contributed by atoms with E-state index in [1.165, 1.54) is 0 Å². The van der Waals surface area contributed by atoms with E-state index in [0.717, 1.165) is 22.2 Å². The molecule has 0 aromatic heterocycles. The van der Waals surface area contributed by atoms with Gasteiger partial charge in [-0.2, -0.15) is 0 Å². The quantitative estimate of drug-likeness (QED) is 0.755. The second kappa shape index (κ2) is 7.12. The minimum atomic E-state index is 0.152. The Labute approximate surface area is 100 Å². The summed E-state index contributed by atoms with van der Waals surface area (Å²) in [5.41, 5.74) is 0. The number of likely N-dealkylation sites (N-methyl/N-ethyl adjacent to an activating group) is 1. The van der Waals surface area contributed by atoms with Crippen molar-refractivity contribution >= 4 is 23.4 Å². The molecular weight excluding hydrogens is 230 g/mol. The first kappa shape index (κ1) is 12.8. The number of thioether (sulfide) groups is 1. The van der Waals surface area contributed by atoms with Crippen LogP contribution < -0.4 is 5.32 Å². The Hall–Kier alpha value is -0.220. The topological polar surface area (TPSA) is 32.3 Å². The van der Waals surface area contributed by atoms with Crippen molar-refractivity contribution in [2.24, 2.45) is 0 Å². The molecule has 0 aliphatic carbocycles. The van der Waals surface area contributed by atoms with Gasteiger partial charge in [0.15, 0.2) is 0 Å². The molecule has 4 heteroatoms. The van der Waals surface area contributed by atoms with Crippen molar-refractivity contribution in [3.8, 4) is 0 Å². The zero-order chi connectivity index (χ0) is 11.1. The second-order valence-electron chi connectivity index (χ2n) is 3.21. The molecule has 0 spiro atoms. The van der Waals surface area contributed by atoms with Gasteiger partial charge in [-0.25, -0.2) is 0 Å². The average Bonchev–Trinajstić information content (AvgIpc) is 2.24. The zero-order valence-corrected chi connectivity index (χ0v) is 10.3. The third-order valence-corrected chi connectivity index (χ3v) is 3.35. The number of aliphatic hydroxyl groups is 1. The monoisotopic (exact) mass is 245 g/mol. The fraction of sp³-hybridized carbons (Fsp3) is 0.455. The van der Waals surface area contributed by atoms with Gasteiger partial charge in [0.2, 0.25) is 0 Å². The van der Waals surface area contributed by atoms with Gasteiger partial charge in [0.05, 0.1) is 6.61 Å². The maximum Gasteiger partial charge on any atom is 0.0592 e. The van der Waals surface area contributed by atoms with E-state index in [1.54, 1.807) is 11.8 Å². The lowest BCUT2D eigenvalue weighted by molar-refractivity contribution is 0.255. The van der Waals surface area contributed by atoms with Crippen LogP contribution in [0.3, 0.4) is 0 Å². The molecular formula is C11H16ClNOS. The SMILES string of the molecule is CCNC(CO)CSc1cccc(Cl)c1. The van der Waals surface area contributed by atoms with Gasteiger partial charge in [-0.05, 0) is 24.7 Å². The summed E-state index contributed by atoms with van der Waals surface area (Å²) < 4.78 is 0. The number of hydrogen-bond donors (Lipinski definition) is 2. The summed E-state index contributed by atoms with van der Waals surface area (Å²) in [5, 5.41) is 13.1. The van der Waals surface area contributed by atoms with E-state index in [2.05, 4.69) is 5.32 Å². The molecule has 0 saturated heterocycles. The molecule has 0 radical (unpaired) electrons. The number of rotatable bonds is 6. The number of benzene rings is 1. The molecule has 0 aliphatic heterocycles. The van der Waals surface area contributed by atoms with Gasteiger partial charge in [0.1, 0.15) is 0 Å². The van der Waals surface area contributed by atoms with Crippen LogP contribution in [0.4, 0.5) is 0 Å². The van der Waals surface area contributed by atoms with Crippen LogP contribution in [0.1, 0.15) is 6.92 Å². The molecule has 2 nitrogen and oxygen atoms in total. The van der Waals surface area contributed by atoms with Crippen LogP contribution in [0.2, 0.25) is 5.02 Å². The fourth-order valence-corrected chi connectivity index (χ4v) is 2.48. The molecule has 15 heavy (non-hydrogen) atoms. The van der Waals surface area contributed by atoms with Gasteiger partial charge in [0, 0.05) is 21.7 Å². The van der Waals surface area contributed by atoms with Crippen molar-refractivity contribution in [2.75, 3.05) is 18.9 Å². The largest absolute Gasteiger partial charge is 0.395 e. The van der Waals surface area contributed by atoms with Gasteiger partial charge >= 0.3 is 0 Å². The van der Waals surface area contributed by atoms with E-state index in [9.17, 15) is 0 Å². The van der Waals surface area contributed by atoms with Gasteiger partial charge in [-0.15, -0.1) is 11.8 Å². The highest BCUT2D eigenvalue weighted by atomic mass is 35.5. The summed E-state index contributed by atoms with van der Waals surface area (Å²) in [6.45, 7) is 3.08. The Morgan fingerprint density at radius 3 is 2.93 bits per heavy atom. The molecule has 0 saturated carbocycles. The molecule has 1 aromatic rings. The van der Waals surface area contributed by atoms with Crippen molar-refractivity contribution in [3.63, 3.8) is 0 Å². The van der Waals surface area contributed by atoms with E-state index in [4.69, 9.17) is 16.7 Å². The second-order valence-corrected chi connectivity index (χ2v) is 4.74. The summed E-state index contributed by atoms with van der Waals surface area (Å²) in [6, 6.07) is 7.91. The molecule has 1 atom stereocenters. The van der Waals surface area contributed by atoms with E-state index < -0.39 is 0 Å². The smallest absolute Gasteiger partial charge is 0.0592 e. The highest BCUT2D eigenvalue weighted by Crippen LogP contribution is 2.21. The van der Waals surface area contributed by atoms with Crippen molar-refractivity contribution in [2.45, 2.75) is 17.9 Å². The van der Waals surface area contributed by atoms with E-state index in [0.29, 0.717) is 0 Å². The van der Waals surface area contributed by atoms with Gasteiger partial charge in [0.25, 0.3) is 0 Å². The van der Waals surface area contributed by atoms with Gasteiger partial charge in [-0.3, -0.25) is 0 Å². The maximum atomic E-state index is 9.09. The van der Waals surface area contributed by atoms with E-state index >= 15 is 0 Å². The molecule has 0 amide bonds. The number of aliphatic hydroxyl groups excluding tert-OH is 1. The summed E-state index contributed by atoms with van der Waals surface area (Å²) in [4.78, 5) is 1.14. The molecule has 1 unspecified atom stereocenters. The molecule has 84 valence electrons. The standard InChI is InChI=1S/C11H16ClNOS/c1-2-13-10(7-14)8-15-11-5-3-4-9(12)6-11/h3-6,10,13-14H,2,7-8H2,1H3. The highest BCUT2D eigenvalue weighted by molar-refractivity contribution is 7.99. The van der Waals surface area contributed by atoms with E-state index in [-0.39, 0.29) is 12.6 Å². The van der Waals surface area contributed by atoms with E-state index in [1.807, 2.05) is 31.2 Å². The first-order valence-corrected chi connectivity index (χ1v) is 6.35. The van der Waals surface area contributed by atoms with Crippen molar-refractivity contribution < 1.29 is 5.11 Å². The Kier molecular flexibility index (Phi) is 6.10. The Balaban J connectivity index is 2.41. The lowest BCUT2D eigenvalue weighted by Crippen LogP contribution is -2.34. The summed E-state index contributed by atoms with van der Waals surface area (Å²) in [7, 11) is 0. The van der Waals surface area contributed by atoms with Gasteiger partial charge < -0.3 is 10.4 Å². The zero-order valence-electron chi connectivity index (χ0n) is 8.74. The van der Waals surface area contributed by atoms with Crippen molar-refractivity contribution in [1.29, 1.82) is 0 Å². The molecule has 0 fully saturated rings. The summed E-state index contributed by atoms with van der Waals surface area (Å²) in [5.74, 6) is 0.852. The van der Waals surface area contributed by atoms with Crippen LogP contribution >= 0.6 is 23.4 Å². The van der Waals surface area contributed by atoms with Crippen LogP contribution in [-0.2, 0) is 0 Å². The van der Waals surface area contributed by atoms with Crippen LogP contribution in [-0.4, -0.2) is 30.1 Å². The molecule has 1 rings (SSSR count). The first-order valence-electron chi connectivity index (χ1n) is 4.99. The van der Waals surface area contributed by atoms with Crippen LogP contribution in [0.5, 0.6) is 0 Å². The number of hydrogen-bond acceptors (Lipinski definition) is 3. The Morgan fingerprint density at radius 1 is 1.53 bits per heavy atom. The third-order valence-electron chi connectivity index (χ3n) is 1.96. The van der Waals surface area contributed by atoms with Crippen molar-refractivity contribution in [3.05, 3.63) is 29.3 Å². The normalized spacial score (nSPS) is 12.7. The van der Waals surface area contributed by atoms with Crippen LogP contribution in [0, 0.1) is 0 Å². The van der Waals surface area contributed by atoms with Crippen molar-refractivity contribution in [1.82, 2.24) is 5.32 Å². The minimum Gasteiger partial charge on any atom is -0.395 e. The lowest BCUT2D eigenvalue weighted by Gasteiger charge is -2.14. The molecule has 0 aliphatic rings. The minimum absolute atomic E-state index is 0.152. The Morgan fingerprint density at radius 2 is 2.33 bits per heavy atom.